The molecule has 0 radical (unpaired) electrons. The largest absolute Gasteiger partial charge is 0.301 e. The number of rotatable bonds is 3. The number of nitrogens with zero attached hydrogens (tertiary/aromatic N) is 3. The van der Waals surface area contributed by atoms with Crippen molar-refractivity contribution in [3.05, 3.63) is 66.0 Å². The van der Waals surface area contributed by atoms with Gasteiger partial charge in [0.15, 0.2) is 0 Å². The molecule has 1 aromatic carbocycles. The molecule has 2 aliphatic heterocycles. The van der Waals surface area contributed by atoms with E-state index in [2.05, 4.69) is 58.2 Å². The number of hydrogen-bond donors (Lipinski definition) is 0. The van der Waals surface area contributed by atoms with Gasteiger partial charge < -0.3 is 4.90 Å². The fraction of sp³-hybridized carbons (Fsp3) is 0.450. The van der Waals surface area contributed by atoms with E-state index in [0.717, 1.165) is 13.1 Å². The number of benzene rings is 1. The highest BCUT2D eigenvalue weighted by Crippen LogP contribution is 2.45. The minimum absolute atomic E-state index is 0.349. The first kappa shape index (κ1) is 14.9. The second kappa shape index (κ2) is 6.06. The van der Waals surface area contributed by atoms with Crippen LogP contribution in [0.1, 0.15) is 24.0 Å². The van der Waals surface area contributed by atoms with Gasteiger partial charge in [-0.25, -0.2) is 0 Å². The first-order chi connectivity index (χ1) is 11.3. The number of likely N-dealkylation sites (N-methyl/N-ethyl adjacent to an activating group) is 1. The molecule has 23 heavy (non-hydrogen) atoms. The van der Waals surface area contributed by atoms with E-state index in [-0.39, 0.29) is 0 Å². The van der Waals surface area contributed by atoms with Gasteiger partial charge >= 0.3 is 0 Å². The number of fused-ring (bicyclic) bond motifs is 1. The maximum atomic E-state index is 4.26. The molecule has 4 rings (SSSR count). The van der Waals surface area contributed by atoms with Crippen LogP contribution in [0, 0.1) is 0 Å². The summed E-state index contributed by atoms with van der Waals surface area (Å²) in [5, 5.41) is 0. The van der Waals surface area contributed by atoms with Gasteiger partial charge in [0.1, 0.15) is 0 Å². The van der Waals surface area contributed by atoms with Crippen LogP contribution in [0.4, 0.5) is 0 Å². The predicted molar refractivity (Wildman–Crippen MR) is 93.3 cm³/mol. The molecular weight excluding hydrogens is 282 g/mol. The Kier molecular flexibility index (Phi) is 3.92. The molecule has 0 N–H and O–H groups in total. The SMILES string of the molecule is CN1CC[C@]2(c3ccccc3)CCN(Cc3cccnc3)C[C@H]12. The molecule has 2 aromatic rings. The molecular formula is C20H25N3. The minimum Gasteiger partial charge on any atom is -0.301 e. The van der Waals surface area contributed by atoms with E-state index in [0.29, 0.717) is 11.5 Å². The summed E-state index contributed by atoms with van der Waals surface area (Å²) in [5.74, 6) is 0. The molecule has 120 valence electrons. The van der Waals surface area contributed by atoms with Gasteiger partial charge in [0.2, 0.25) is 0 Å². The van der Waals surface area contributed by atoms with Gasteiger partial charge in [0, 0.05) is 36.9 Å². The number of hydrogen-bond acceptors (Lipinski definition) is 3. The van der Waals surface area contributed by atoms with Crippen molar-refractivity contribution in [2.75, 3.05) is 26.7 Å². The minimum atomic E-state index is 0.349. The lowest BCUT2D eigenvalue weighted by Gasteiger charge is -2.46. The third-order valence-electron chi connectivity index (χ3n) is 5.86. The van der Waals surface area contributed by atoms with Crippen molar-refractivity contribution in [1.29, 1.82) is 0 Å². The number of likely N-dealkylation sites (tertiary alicyclic amines) is 2. The Morgan fingerprint density at radius 1 is 1.09 bits per heavy atom. The molecule has 2 aliphatic rings. The van der Waals surface area contributed by atoms with E-state index in [1.165, 1.54) is 37.1 Å². The van der Waals surface area contributed by atoms with Crippen LogP contribution in [-0.2, 0) is 12.0 Å². The summed E-state index contributed by atoms with van der Waals surface area (Å²) >= 11 is 0. The van der Waals surface area contributed by atoms with Crippen LogP contribution < -0.4 is 0 Å². The van der Waals surface area contributed by atoms with E-state index in [1.54, 1.807) is 0 Å². The molecule has 2 saturated heterocycles. The maximum absolute atomic E-state index is 4.26. The van der Waals surface area contributed by atoms with E-state index < -0.39 is 0 Å². The Hall–Kier alpha value is -1.71. The van der Waals surface area contributed by atoms with Crippen LogP contribution in [0.2, 0.25) is 0 Å². The van der Waals surface area contributed by atoms with Crippen molar-refractivity contribution >= 4 is 0 Å². The number of aromatic nitrogens is 1. The zero-order valence-corrected chi connectivity index (χ0v) is 13.9. The standard InChI is InChI=1S/C20H25N3/c1-22-12-9-20(18-7-3-2-4-8-18)10-13-23(16-19(20)22)15-17-6-5-11-21-14-17/h2-8,11,14,19H,9-10,12-13,15-16H2,1H3/t19-,20+/m0/s1. The second-order valence-corrected chi connectivity index (χ2v) is 7.11. The van der Waals surface area contributed by atoms with Gasteiger partial charge in [-0.2, -0.15) is 0 Å². The van der Waals surface area contributed by atoms with Gasteiger partial charge in [0.05, 0.1) is 0 Å². The Balaban J connectivity index is 1.56. The molecule has 2 atom stereocenters. The second-order valence-electron chi connectivity index (χ2n) is 7.11. The molecule has 0 unspecified atom stereocenters. The lowest BCUT2D eigenvalue weighted by Crippen LogP contribution is -2.54. The van der Waals surface area contributed by atoms with Crippen LogP contribution >= 0.6 is 0 Å². The third kappa shape index (κ3) is 2.68. The van der Waals surface area contributed by atoms with Crippen molar-refractivity contribution in [1.82, 2.24) is 14.8 Å². The fourth-order valence-corrected chi connectivity index (χ4v) is 4.56. The van der Waals surface area contributed by atoms with Gasteiger partial charge in [-0.05, 0) is 50.2 Å². The van der Waals surface area contributed by atoms with Crippen molar-refractivity contribution in [2.45, 2.75) is 30.8 Å². The molecule has 0 aliphatic carbocycles. The van der Waals surface area contributed by atoms with Gasteiger partial charge in [-0.3, -0.25) is 9.88 Å². The Labute approximate surface area is 139 Å². The summed E-state index contributed by atoms with van der Waals surface area (Å²) in [5.41, 5.74) is 3.21. The monoisotopic (exact) mass is 307 g/mol. The summed E-state index contributed by atoms with van der Waals surface area (Å²) in [6.07, 6.45) is 6.40. The normalized spacial score (nSPS) is 28.7. The molecule has 3 heterocycles. The van der Waals surface area contributed by atoms with Gasteiger partial charge in [0.25, 0.3) is 0 Å². The van der Waals surface area contributed by atoms with Crippen LogP contribution in [0.25, 0.3) is 0 Å². The highest BCUT2D eigenvalue weighted by atomic mass is 15.3. The highest BCUT2D eigenvalue weighted by Gasteiger charge is 2.49. The van der Waals surface area contributed by atoms with Crippen LogP contribution in [-0.4, -0.2) is 47.5 Å². The van der Waals surface area contributed by atoms with Crippen molar-refractivity contribution in [3.63, 3.8) is 0 Å². The quantitative estimate of drug-likeness (QED) is 0.869. The summed E-state index contributed by atoms with van der Waals surface area (Å²) in [7, 11) is 2.29. The summed E-state index contributed by atoms with van der Waals surface area (Å²) in [4.78, 5) is 9.43. The van der Waals surface area contributed by atoms with Crippen molar-refractivity contribution < 1.29 is 0 Å². The molecule has 0 saturated carbocycles. The Morgan fingerprint density at radius 3 is 2.70 bits per heavy atom. The average Bonchev–Trinajstić information content (AvgIpc) is 2.95. The summed E-state index contributed by atoms with van der Waals surface area (Å²) < 4.78 is 0. The van der Waals surface area contributed by atoms with Crippen LogP contribution in [0.3, 0.4) is 0 Å². The summed E-state index contributed by atoms with van der Waals surface area (Å²) in [6, 6.07) is 16.0. The van der Waals surface area contributed by atoms with E-state index in [9.17, 15) is 0 Å². The van der Waals surface area contributed by atoms with Gasteiger partial charge in [-0.1, -0.05) is 36.4 Å². The van der Waals surface area contributed by atoms with E-state index in [1.807, 2.05) is 18.5 Å². The predicted octanol–water partition coefficient (Wildman–Crippen LogP) is 2.93. The zero-order chi connectivity index (χ0) is 15.7. The van der Waals surface area contributed by atoms with Crippen LogP contribution in [0.15, 0.2) is 54.9 Å². The topological polar surface area (TPSA) is 19.4 Å². The maximum Gasteiger partial charge on any atom is 0.0318 e. The van der Waals surface area contributed by atoms with E-state index >= 15 is 0 Å². The van der Waals surface area contributed by atoms with Gasteiger partial charge in [-0.15, -0.1) is 0 Å². The molecule has 0 spiro atoms. The zero-order valence-electron chi connectivity index (χ0n) is 13.9. The smallest absolute Gasteiger partial charge is 0.0318 e. The lowest BCUT2D eigenvalue weighted by atomic mass is 9.69. The molecule has 3 nitrogen and oxygen atoms in total. The molecule has 3 heteroatoms. The lowest BCUT2D eigenvalue weighted by molar-refractivity contribution is 0.0916. The Bertz CT molecular complexity index is 642. The van der Waals surface area contributed by atoms with Crippen molar-refractivity contribution in [3.8, 4) is 0 Å². The van der Waals surface area contributed by atoms with E-state index in [4.69, 9.17) is 0 Å². The number of piperidine rings is 1. The molecule has 0 amide bonds. The molecule has 0 bridgehead atoms. The Morgan fingerprint density at radius 2 is 1.91 bits per heavy atom. The fourth-order valence-electron chi connectivity index (χ4n) is 4.56. The summed E-state index contributed by atoms with van der Waals surface area (Å²) in [6.45, 7) is 4.55. The first-order valence-electron chi connectivity index (χ1n) is 8.65. The third-order valence-corrected chi connectivity index (χ3v) is 5.86. The molecule has 2 fully saturated rings. The van der Waals surface area contributed by atoms with Crippen LogP contribution in [0.5, 0.6) is 0 Å². The first-order valence-corrected chi connectivity index (χ1v) is 8.65. The number of pyridine rings is 1. The highest BCUT2D eigenvalue weighted by molar-refractivity contribution is 5.31. The van der Waals surface area contributed by atoms with Crippen molar-refractivity contribution in [2.24, 2.45) is 0 Å². The molecule has 1 aromatic heterocycles. The average molecular weight is 307 g/mol.